The minimum atomic E-state index is -1.59. The van der Waals surface area contributed by atoms with E-state index in [-0.39, 0.29) is 84.6 Å². The number of aromatic hydroxyl groups is 2. The SMILES string of the molecule is CCC1CCC2C3Cc4ccc5c(c4)CC(O)C(=C4CC(c6cc(O)cc(CO)c6)C#CC6CC(=O)Oc7cc(O)c(cc76)CC(OC4=O)C1(O)C2CCC3=O)CC5. The maximum atomic E-state index is 15.3. The van der Waals surface area contributed by atoms with Crippen molar-refractivity contribution >= 4 is 17.7 Å². The van der Waals surface area contributed by atoms with E-state index >= 15 is 4.79 Å². The molecule has 3 heterocycles. The summed E-state index contributed by atoms with van der Waals surface area (Å²) in [6, 6.07) is 14.1. The highest BCUT2D eigenvalue weighted by atomic mass is 16.6. The van der Waals surface area contributed by atoms with Crippen molar-refractivity contribution in [1.29, 1.82) is 0 Å². The van der Waals surface area contributed by atoms with Crippen LogP contribution in [0.3, 0.4) is 0 Å². The Morgan fingerprint density at radius 1 is 0.828 bits per heavy atom. The van der Waals surface area contributed by atoms with Crippen LogP contribution in [0.4, 0.5) is 0 Å². The predicted octanol–water partition coefficient (Wildman–Crippen LogP) is 5.79. The number of benzene rings is 3. The van der Waals surface area contributed by atoms with Crippen LogP contribution in [-0.4, -0.2) is 61.1 Å². The number of aliphatic hydroxyl groups is 3. The van der Waals surface area contributed by atoms with Gasteiger partial charge in [-0.05, 0) is 120 Å². The van der Waals surface area contributed by atoms with E-state index in [0.29, 0.717) is 72.8 Å². The second kappa shape index (κ2) is 15.0. The number of aryl methyl sites for hydroxylation is 1. The Bertz CT molecular complexity index is 2300. The fraction of sp³-hybridized carbons (Fsp3) is 0.479. The Balaban J connectivity index is 1.30. The molecule has 0 aromatic heterocycles. The molecule has 0 radical (unpaired) electrons. The number of ketones is 1. The molecule has 0 amide bonds. The molecule has 3 aliphatic carbocycles. The summed E-state index contributed by atoms with van der Waals surface area (Å²) in [6.07, 6.45) is 1.95. The zero-order valence-electron chi connectivity index (χ0n) is 32.7. The van der Waals surface area contributed by atoms with Gasteiger partial charge in [-0.2, -0.15) is 0 Å². The molecule has 302 valence electrons. The number of aliphatic hydroxyl groups excluding tert-OH is 2. The summed E-state index contributed by atoms with van der Waals surface area (Å²) in [5.41, 5.74) is 4.10. The van der Waals surface area contributed by atoms with Gasteiger partial charge in [0.15, 0.2) is 0 Å². The van der Waals surface area contributed by atoms with Crippen LogP contribution in [0, 0.1) is 35.5 Å². The molecule has 3 aromatic rings. The van der Waals surface area contributed by atoms with Gasteiger partial charge in [0, 0.05) is 48.3 Å². The summed E-state index contributed by atoms with van der Waals surface area (Å²) in [6.45, 7) is 1.67. The number of rotatable bonds is 3. The van der Waals surface area contributed by atoms with E-state index in [2.05, 4.69) is 30.0 Å². The molecule has 9 atom stereocenters. The number of carbonyl (C=O) groups is 3. The van der Waals surface area contributed by atoms with Gasteiger partial charge in [0.2, 0.25) is 0 Å². The molecule has 5 N–H and O–H groups in total. The van der Waals surface area contributed by atoms with E-state index in [0.717, 1.165) is 23.1 Å². The largest absolute Gasteiger partial charge is 0.508 e. The topological polar surface area (TPSA) is 171 Å². The van der Waals surface area contributed by atoms with Gasteiger partial charge in [-0.3, -0.25) is 9.59 Å². The van der Waals surface area contributed by atoms with Crippen molar-refractivity contribution in [2.75, 3.05) is 0 Å². The first-order chi connectivity index (χ1) is 27.9. The lowest BCUT2D eigenvalue weighted by Crippen LogP contribution is -2.63. The fourth-order valence-electron chi connectivity index (χ4n) is 11.5. The van der Waals surface area contributed by atoms with Crippen molar-refractivity contribution in [3.63, 3.8) is 0 Å². The maximum Gasteiger partial charge on any atom is 0.334 e. The first-order valence-electron chi connectivity index (χ1n) is 20.9. The van der Waals surface area contributed by atoms with Crippen LogP contribution in [0.15, 0.2) is 59.7 Å². The average molecular weight is 787 g/mol. The second-order valence-corrected chi connectivity index (χ2v) is 17.5. The minimum Gasteiger partial charge on any atom is -0.508 e. The molecule has 0 spiro atoms. The first-order valence-corrected chi connectivity index (χ1v) is 20.9. The maximum absolute atomic E-state index is 15.3. The van der Waals surface area contributed by atoms with Gasteiger partial charge in [-0.15, -0.1) is 0 Å². The summed E-state index contributed by atoms with van der Waals surface area (Å²) < 4.78 is 12.4. The molecule has 3 aliphatic heterocycles. The summed E-state index contributed by atoms with van der Waals surface area (Å²) >= 11 is 0. The number of ether oxygens (including phenoxy) is 2. The van der Waals surface area contributed by atoms with E-state index in [1.54, 1.807) is 18.2 Å². The van der Waals surface area contributed by atoms with Gasteiger partial charge in [0.1, 0.15) is 34.7 Å². The molecule has 2 fully saturated rings. The lowest BCUT2D eigenvalue weighted by Gasteiger charge is -2.56. The number of carbonyl (C=O) groups excluding carboxylic acids is 3. The van der Waals surface area contributed by atoms with Crippen LogP contribution in [0.5, 0.6) is 17.2 Å². The number of esters is 2. The number of hydrogen-bond donors (Lipinski definition) is 5. The van der Waals surface area contributed by atoms with E-state index in [9.17, 15) is 35.1 Å². The number of Topliss-reactive ketones (excluding diaryl/α,β-unsaturated/α-hetero) is 1. The fourth-order valence-corrected chi connectivity index (χ4v) is 11.5. The molecule has 0 saturated heterocycles. The van der Waals surface area contributed by atoms with Gasteiger partial charge >= 0.3 is 11.9 Å². The Kier molecular flexibility index (Phi) is 9.98. The highest BCUT2D eigenvalue weighted by Crippen LogP contribution is 2.55. The van der Waals surface area contributed by atoms with Crippen molar-refractivity contribution in [2.45, 2.75) is 120 Å². The summed E-state index contributed by atoms with van der Waals surface area (Å²) in [5.74, 6) is 2.88. The Morgan fingerprint density at radius 2 is 1.66 bits per heavy atom. The number of fused-ring (bicyclic) bond motifs is 8. The van der Waals surface area contributed by atoms with Gasteiger partial charge in [-0.25, -0.2) is 4.79 Å². The molecular weight excluding hydrogens is 737 g/mol. The number of phenolic OH excluding ortho intramolecular Hbond substituents is 2. The average Bonchev–Trinajstić information content (AvgIpc) is 3.35. The molecule has 11 bridgehead atoms. The van der Waals surface area contributed by atoms with Crippen molar-refractivity contribution in [1.82, 2.24) is 0 Å². The van der Waals surface area contributed by atoms with E-state index in [1.165, 1.54) is 12.1 Å². The molecular formula is C48H50O10. The van der Waals surface area contributed by atoms with Crippen molar-refractivity contribution in [3.05, 3.63) is 98.6 Å². The minimum absolute atomic E-state index is 0.0357. The second-order valence-electron chi connectivity index (χ2n) is 17.5. The van der Waals surface area contributed by atoms with Crippen molar-refractivity contribution in [3.8, 4) is 29.1 Å². The molecule has 6 aliphatic rings. The first kappa shape index (κ1) is 38.6. The van der Waals surface area contributed by atoms with E-state index < -0.39 is 41.6 Å². The Morgan fingerprint density at radius 3 is 2.47 bits per heavy atom. The summed E-state index contributed by atoms with van der Waals surface area (Å²) in [7, 11) is 0. The molecule has 10 nitrogen and oxygen atoms in total. The summed E-state index contributed by atoms with van der Waals surface area (Å²) in [4.78, 5) is 42.2. The molecule has 3 aromatic carbocycles. The van der Waals surface area contributed by atoms with Crippen molar-refractivity contribution < 1.29 is 49.4 Å². The third-order valence-corrected chi connectivity index (χ3v) is 14.4. The van der Waals surface area contributed by atoms with Gasteiger partial charge in [0.05, 0.1) is 25.0 Å². The van der Waals surface area contributed by atoms with Gasteiger partial charge in [-0.1, -0.05) is 49.5 Å². The highest BCUT2D eigenvalue weighted by molar-refractivity contribution is 5.90. The van der Waals surface area contributed by atoms with Crippen LogP contribution >= 0.6 is 0 Å². The van der Waals surface area contributed by atoms with Gasteiger partial charge < -0.3 is 35.0 Å². The number of phenols is 2. The molecule has 9 unspecified atom stereocenters. The van der Waals surface area contributed by atoms with Crippen LogP contribution < -0.4 is 4.74 Å². The van der Waals surface area contributed by atoms with Crippen molar-refractivity contribution in [2.24, 2.45) is 23.7 Å². The predicted molar refractivity (Wildman–Crippen MR) is 212 cm³/mol. The van der Waals surface area contributed by atoms with Crippen LogP contribution in [0.25, 0.3) is 0 Å². The highest BCUT2D eigenvalue weighted by Gasteiger charge is 2.59. The Hall–Kier alpha value is -4.95. The smallest absolute Gasteiger partial charge is 0.334 e. The molecule has 10 heteroatoms. The van der Waals surface area contributed by atoms with Crippen LogP contribution in [0.1, 0.15) is 109 Å². The zero-order valence-corrected chi connectivity index (χ0v) is 32.7. The quantitative estimate of drug-likeness (QED) is 0.124. The monoisotopic (exact) mass is 786 g/mol. The Labute approximate surface area is 337 Å². The zero-order chi connectivity index (χ0) is 40.5. The standard InChI is InChI=1S/C48H50O10/c1-2-33-8-10-35-38-16-25-3-4-27-7-9-36(43(53)20-31(27)13-25)39-18-28(30-14-26(24-49)15-34(50)17-30)5-6-29-22-46(54)57-44-23-42(52)32(19-37(29)44)21-45(58-47(39)55)48(33,56)40(35)11-12-41(38)51/h3-4,13-15,17,19,23,28-29,33,35,38,40,43,45,49-50,52-53,56H,2,7-12,16,18,20-22,24H2,1H3. The van der Waals surface area contributed by atoms with E-state index in [4.69, 9.17) is 9.47 Å². The molecule has 58 heavy (non-hydrogen) atoms. The molecule has 9 rings (SSSR count). The third-order valence-electron chi connectivity index (χ3n) is 14.4. The normalized spacial score (nSPS) is 31.7. The lowest BCUT2D eigenvalue weighted by molar-refractivity contribution is -0.212. The lowest BCUT2D eigenvalue weighted by atomic mass is 9.53. The van der Waals surface area contributed by atoms with Gasteiger partial charge in [0.25, 0.3) is 0 Å². The van der Waals surface area contributed by atoms with E-state index in [1.807, 2.05) is 6.92 Å². The van der Waals surface area contributed by atoms with Crippen LogP contribution in [0.2, 0.25) is 0 Å². The molecule has 2 saturated carbocycles. The summed E-state index contributed by atoms with van der Waals surface area (Å²) in [5, 5.41) is 58.2. The van der Waals surface area contributed by atoms with Crippen LogP contribution in [-0.2, 0) is 51.4 Å². The third kappa shape index (κ3) is 6.71. The number of hydrogen-bond acceptors (Lipinski definition) is 10.